The van der Waals surface area contributed by atoms with Crippen molar-refractivity contribution in [3.8, 4) is 11.5 Å². The lowest BCUT2D eigenvalue weighted by Gasteiger charge is -2.13. The first-order valence-corrected chi connectivity index (χ1v) is 6.43. The molecule has 0 saturated carbocycles. The molecule has 0 radical (unpaired) electrons. The molecular weight excluding hydrogens is 254 g/mol. The number of rotatable bonds is 5. The van der Waals surface area contributed by atoms with Gasteiger partial charge in [0.1, 0.15) is 11.5 Å². The van der Waals surface area contributed by atoms with E-state index >= 15 is 0 Å². The third-order valence-electron chi connectivity index (χ3n) is 2.72. The monoisotopic (exact) mass is 271 g/mol. The molecule has 0 aliphatic rings. The van der Waals surface area contributed by atoms with E-state index in [0.29, 0.717) is 17.9 Å². The van der Waals surface area contributed by atoms with Gasteiger partial charge in [0.05, 0.1) is 6.61 Å². The summed E-state index contributed by atoms with van der Waals surface area (Å²) in [4.78, 5) is 0. The van der Waals surface area contributed by atoms with E-state index in [9.17, 15) is 5.11 Å². The van der Waals surface area contributed by atoms with Gasteiger partial charge in [-0.25, -0.2) is 0 Å². The summed E-state index contributed by atoms with van der Waals surface area (Å²) in [6, 6.07) is 16.4. The summed E-state index contributed by atoms with van der Waals surface area (Å²) < 4.78 is 10.6. The van der Waals surface area contributed by atoms with Gasteiger partial charge >= 0.3 is 0 Å². The van der Waals surface area contributed by atoms with Crippen LogP contribution < -0.4 is 4.74 Å². The van der Waals surface area contributed by atoms with E-state index in [1.807, 2.05) is 30.3 Å². The van der Waals surface area contributed by atoms with Gasteiger partial charge in [-0.2, -0.15) is 0 Å². The second-order valence-corrected chi connectivity index (χ2v) is 4.18. The SMILES string of the molecule is CCOC(=N)[C@H](O)c1ccc(Oc2ccccc2)cc1. The summed E-state index contributed by atoms with van der Waals surface area (Å²) in [6.45, 7) is 2.14. The molecular formula is C16H17NO3. The van der Waals surface area contributed by atoms with E-state index in [0.717, 1.165) is 5.75 Å². The van der Waals surface area contributed by atoms with Crippen molar-refractivity contribution in [3.63, 3.8) is 0 Å². The van der Waals surface area contributed by atoms with E-state index in [2.05, 4.69) is 0 Å². The number of aliphatic hydroxyl groups is 1. The molecule has 0 heterocycles. The number of aliphatic hydroxyl groups excluding tert-OH is 1. The van der Waals surface area contributed by atoms with Crippen LogP contribution in [0, 0.1) is 5.41 Å². The Morgan fingerprint density at radius 3 is 2.25 bits per heavy atom. The fourth-order valence-corrected chi connectivity index (χ4v) is 1.73. The summed E-state index contributed by atoms with van der Waals surface area (Å²) in [5.41, 5.74) is 0.601. The normalized spacial score (nSPS) is 11.7. The lowest BCUT2D eigenvalue weighted by molar-refractivity contribution is 0.190. The van der Waals surface area contributed by atoms with Gasteiger partial charge in [-0.05, 0) is 36.8 Å². The number of para-hydroxylation sites is 1. The van der Waals surface area contributed by atoms with Crippen molar-refractivity contribution in [1.82, 2.24) is 0 Å². The van der Waals surface area contributed by atoms with Crippen molar-refractivity contribution in [2.45, 2.75) is 13.0 Å². The van der Waals surface area contributed by atoms with Gasteiger partial charge < -0.3 is 14.6 Å². The van der Waals surface area contributed by atoms with Gasteiger partial charge in [-0.15, -0.1) is 0 Å². The third-order valence-corrected chi connectivity index (χ3v) is 2.72. The Labute approximate surface area is 118 Å². The molecule has 20 heavy (non-hydrogen) atoms. The topological polar surface area (TPSA) is 62.5 Å². The number of ether oxygens (including phenoxy) is 2. The minimum Gasteiger partial charge on any atom is -0.479 e. The third kappa shape index (κ3) is 3.59. The zero-order chi connectivity index (χ0) is 14.4. The van der Waals surface area contributed by atoms with Crippen LogP contribution in [0.25, 0.3) is 0 Å². The predicted molar refractivity (Wildman–Crippen MR) is 77.3 cm³/mol. The Morgan fingerprint density at radius 1 is 1.05 bits per heavy atom. The molecule has 0 fully saturated rings. The van der Waals surface area contributed by atoms with Gasteiger partial charge in [0.25, 0.3) is 0 Å². The first kappa shape index (κ1) is 14.1. The van der Waals surface area contributed by atoms with E-state index in [1.54, 1.807) is 31.2 Å². The minimum atomic E-state index is -1.04. The average Bonchev–Trinajstić information content (AvgIpc) is 2.48. The smallest absolute Gasteiger partial charge is 0.214 e. The molecule has 1 atom stereocenters. The van der Waals surface area contributed by atoms with E-state index in [-0.39, 0.29) is 5.90 Å². The Hall–Kier alpha value is -2.33. The summed E-state index contributed by atoms with van der Waals surface area (Å²) >= 11 is 0. The molecule has 2 N–H and O–H groups in total. The zero-order valence-corrected chi connectivity index (χ0v) is 11.2. The molecule has 0 aromatic heterocycles. The van der Waals surface area contributed by atoms with Crippen LogP contribution >= 0.6 is 0 Å². The van der Waals surface area contributed by atoms with Crippen LogP contribution in [-0.2, 0) is 4.74 Å². The van der Waals surface area contributed by atoms with Crippen molar-refractivity contribution in [3.05, 3.63) is 60.2 Å². The highest BCUT2D eigenvalue weighted by Crippen LogP contribution is 2.23. The predicted octanol–water partition coefficient (Wildman–Crippen LogP) is 3.53. The van der Waals surface area contributed by atoms with Gasteiger partial charge in [0, 0.05) is 0 Å². The molecule has 0 aliphatic carbocycles. The molecule has 0 amide bonds. The molecule has 2 aromatic rings. The van der Waals surface area contributed by atoms with Crippen LogP contribution in [0.2, 0.25) is 0 Å². The highest BCUT2D eigenvalue weighted by molar-refractivity contribution is 5.79. The van der Waals surface area contributed by atoms with E-state index < -0.39 is 6.10 Å². The van der Waals surface area contributed by atoms with Crippen LogP contribution in [0.4, 0.5) is 0 Å². The van der Waals surface area contributed by atoms with E-state index in [1.165, 1.54) is 0 Å². The van der Waals surface area contributed by atoms with Crippen molar-refractivity contribution in [2.24, 2.45) is 0 Å². The van der Waals surface area contributed by atoms with E-state index in [4.69, 9.17) is 14.9 Å². The molecule has 4 nitrogen and oxygen atoms in total. The summed E-state index contributed by atoms with van der Waals surface area (Å²) in [7, 11) is 0. The van der Waals surface area contributed by atoms with Crippen molar-refractivity contribution in [1.29, 1.82) is 5.41 Å². The number of benzene rings is 2. The highest BCUT2D eigenvalue weighted by atomic mass is 16.5. The maximum absolute atomic E-state index is 9.91. The van der Waals surface area contributed by atoms with Crippen molar-refractivity contribution < 1.29 is 14.6 Å². The summed E-state index contributed by atoms with van der Waals surface area (Å²) in [5, 5.41) is 17.5. The molecule has 0 spiro atoms. The average molecular weight is 271 g/mol. The quantitative estimate of drug-likeness (QED) is 0.646. The molecule has 2 rings (SSSR count). The molecule has 0 unspecified atom stereocenters. The van der Waals surface area contributed by atoms with Crippen LogP contribution in [0.1, 0.15) is 18.6 Å². The minimum absolute atomic E-state index is 0.149. The van der Waals surface area contributed by atoms with Crippen LogP contribution in [0.15, 0.2) is 54.6 Å². The Kier molecular flexibility index (Phi) is 4.74. The second-order valence-electron chi connectivity index (χ2n) is 4.18. The van der Waals surface area contributed by atoms with Gasteiger partial charge in [0.2, 0.25) is 5.90 Å². The van der Waals surface area contributed by atoms with Gasteiger partial charge in [-0.1, -0.05) is 30.3 Å². The largest absolute Gasteiger partial charge is 0.479 e. The Morgan fingerprint density at radius 2 is 1.65 bits per heavy atom. The molecule has 4 heteroatoms. The first-order chi connectivity index (χ1) is 9.70. The summed E-state index contributed by atoms with van der Waals surface area (Å²) in [6.07, 6.45) is -1.04. The van der Waals surface area contributed by atoms with Crippen LogP contribution in [0.3, 0.4) is 0 Å². The lowest BCUT2D eigenvalue weighted by atomic mass is 10.1. The molecule has 0 saturated heterocycles. The van der Waals surface area contributed by atoms with Crippen LogP contribution in [0.5, 0.6) is 11.5 Å². The van der Waals surface area contributed by atoms with Gasteiger partial charge in [0.15, 0.2) is 6.10 Å². The Bertz CT molecular complexity index is 552. The fraction of sp³-hybridized carbons (Fsp3) is 0.188. The fourth-order valence-electron chi connectivity index (χ4n) is 1.73. The standard InChI is InChI=1S/C16H17NO3/c1-2-19-16(17)15(18)12-8-10-14(11-9-12)20-13-6-4-3-5-7-13/h3-11,15,17-18H,2H2,1H3/t15-/m1/s1. The molecule has 0 aliphatic heterocycles. The zero-order valence-electron chi connectivity index (χ0n) is 11.2. The van der Waals surface area contributed by atoms with Crippen LogP contribution in [-0.4, -0.2) is 17.6 Å². The molecule has 104 valence electrons. The molecule has 0 bridgehead atoms. The number of nitrogens with one attached hydrogen (secondary N) is 1. The summed E-state index contributed by atoms with van der Waals surface area (Å²) in [5.74, 6) is 1.28. The number of hydrogen-bond acceptors (Lipinski definition) is 4. The maximum Gasteiger partial charge on any atom is 0.214 e. The highest BCUT2D eigenvalue weighted by Gasteiger charge is 2.14. The maximum atomic E-state index is 9.91. The van der Waals surface area contributed by atoms with Gasteiger partial charge in [-0.3, -0.25) is 5.41 Å². The molecule has 2 aromatic carbocycles. The Balaban J connectivity index is 2.04. The lowest BCUT2D eigenvalue weighted by Crippen LogP contribution is -2.14. The second kappa shape index (κ2) is 6.73. The van der Waals surface area contributed by atoms with Crippen molar-refractivity contribution >= 4 is 5.90 Å². The first-order valence-electron chi connectivity index (χ1n) is 6.43. The van der Waals surface area contributed by atoms with Crippen molar-refractivity contribution in [2.75, 3.05) is 6.61 Å². The number of hydrogen-bond donors (Lipinski definition) is 2.